The Morgan fingerprint density at radius 1 is 1.11 bits per heavy atom. The van der Waals surface area contributed by atoms with E-state index in [9.17, 15) is 18.4 Å². The van der Waals surface area contributed by atoms with Crippen LogP contribution in [0.5, 0.6) is 0 Å². The summed E-state index contributed by atoms with van der Waals surface area (Å²) in [5, 5.41) is 5.08. The van der Waals surface area contributed by atoms with Gasteiger partial charge in [-0.15, -0.1) is 0 Å². The number of carbonyl (C=O) groups excluding carboxylic acids is 2. The lowest BCUT2D eigenvalue weighted by Crippen LogP contribution is -2.42. The number of nitrogens with zero attached hydrogens (tertiary/aromatic N) is 2. The zero-order valence-corrected chi connectivity index (χ0v) is 15.5. The number of imidazole rings is 1. The summed E-state index contributed by atoms with van der Waals surface area (Å²) >= 11 is 0. The summed E-state index contributed by atoms with van der Waals surface area (Å²) in [6, 6.07) is 3.33. The standard InChI is InChI=1S/C19H22F2N4O2/c1-19(2,3)24-18(27)16-22-15(13-9-4-5-10-25(13)16)17(26)23-14-11(20)7-6-8-12(14)21/h6-8H,4-5,9-10H2,1-3H3,(H,23,26)(H,24,27). The number of hydrogen-bond donors (Lipinski definition) is 2. The number of amides is 2. The van der Waals surface area contributed by atoms with Crippen LogP contribution in [0.15, 0.2) is 18.2 Å². The second-order valence-corrected chi connectivity index (χ2v) is 7.59. The molecule has 0 atom stereocenters. The monoisotopic (exact) mass is 376 g/mol. The van der Waals surface area contributed by atoms with Crippen LogP contribution in [-0.2, 0) is 13.0 Å². The summed E-state index contributed by atoms with van der Waals surface area (Å²) in [5.74, 6) is -2.73. The van der Waals surface area contributed by atoms with Crippen LogP contribution in [0.3, 0.4) is 0 Å². The molecular formula is C19H22F2N4O2. The van der Waals surface area contributed by atoms with Crippen LogP contribution in [0.4, 0.5) is 14.5 Å². The molecule has 0 saturated carbocycles. The van der Waals surface area contributed by atoms with Gasteiger partial charge in [-0.3, -0.25) is 9.59 Å². The number of para-hydroxylation sites is 1. The van der Waals surface area contributed by atoms with Crippen molar-refractivity contribution in [2.75, 3.05) is 5.32 Å². The highest BCUT2D eigenvalue weighted by Gasteiger charge is 2.29. The van der Waals surface area contributed by atoms with Crippen molar-refractivity contribution in [2.45, 2.75) is 52.1 Å². The Morgan fingerprint density at radius 3 is 2.41 bits per heavy atom. The molecule has 1 aliphatic rings. The van der Waals surface area contributed by atoms with Crippen LogP contribution in [-0.4, -0.2) is 26.9 Å². The number of carbonyl (C=O) groups is 2. The molecule has 0 bridgehead atoms. The molecule has 27 heavy (non-hydrogen) atoms. The normalized spacial score (nSPS) is 13.8. The Bertz CT molecular complexity index is 880. The molecular weight excluding hydrogens is 354 g/mol. The predicted molar refractivity (Wildman–Crippen MR) is 96.7 cm³/mol. The molecule has 0 spiro atoms. The van der Waals surface area contributed by atoms with Crippen molar-refractivity contribution in [3.05, 3.63) is 47.0 Å². The molecule has 2 N–H and O–H groups in total. The number of halogens is 2. The fourth-order valence-electron chi connectivity index (χ4n) is 3.08. The van der Waals surface area contributed by atoms with Crippen molar-refractivity contribution in [1.82, 2.24) is 14.9 Å². The summed E-state index contributed by atoms with van der Waals surface area (Å²) < 4.78 is 29.4. The maximum Gasteiger partial charge on any atom is 0.287 e. The van der Waals surface area contributed by atoms with Crippen molar-refractivity contribution in [3.8, 4) is 0 Å². The third-order valence-electron chi connectivity index (χ3n) is 4.23. The van der Waals surface area contributed by atoms with E-state index in [2.05, 4.69) is 15.6 Å². The molecule has 0 unspecified atom stereocenters. The van der Waals surface area contributed by atoms with E-state index in [4.69, 9.17) is 0 Å². The topological polar surface area (TPSA) is 76.0 Å². The Kier molecular flexibility index (Phi) is 4.99. The van der Waals surface area contributed by atoms with E-state index in [0.717, 1.165) is 25.0 Å². The minimum absolute atomic E-state index is 0.0245. The summed E-state index contributed by atoms with van der Waals surface area (Å²) in [7, 11) is 0. The number of aromatic nitrogens is 2. The Hall–Kier alpha value is -2.77. The highest BCUT2D eigenvalue weighted by Crippen LogP contribution is 2.24. The van der Waals surface area contributed by atoms with Crippen molar-refractivity contribution in [3.63, 3.8) is 0 Å². The first-order valence-corrected chi connectivity index (χ1v) is 8.84. The number of nitrogens with one attached hydrogen (secondary N) is 2. The van der Waals surface area contributed by atoms with Gasteiger partial charge < -0.3 is 15.2 Å². The molecule has 0 radical (unpaired) electrons. The van der Waals surface area contributed by atoms with Gasteiger partial charge in [0.25, 0.3) is 11.8 Å². The zero-order valence-electron chi connectivity index (χ0n) is 15.5. The molecule has 144 valence electrons. The van der Waals surface area contributed by atoms with E-state index in [1.54, 1.807) is 4.57 Å². The van der Waals surface area contributed by atoms with Crippen molar-refractivity contribution >= 4 is 17.5 Å². The van der Waals surface area contributed by atoms with Gasteiger partial charge in [-0.2, -0.15) is 0 Å². The molecule has 2 heterocycles. The maximum absolute atomic E-state index is 13.8. The maximum atomic E-state index is 13.8. The summed E-state index contributed by atoms with van der Waals surface area (Å²) in [6.07, 6.45) is 2.28. The number of hydrogen-bond acceptors (Lipinski definition) is 3. The molecule has 0 saturated heterocycles. The second-order valence-electron chi connectivity index (χ2n) is 7.59. The lowest BCUT2D eigenvalue weighted by molar-refractivity contribution is 0.0903. The van der Waals surface area contributed by atoms with Gasteiger partial charge in [0.2, 0.25) is 0 Å². The molecule has 1 aromatic carbocycles. The Morgan fingerprint density at radius 2 is 1.78 bits per heavy atom. The van der Waals surface area contributed by atoms with E-state index in [-0.39, 0.29) is 17.4 Å². The Labute approximate surface area is 156 Å². The number of fused-ring (bicyclic) bond motifs is 1. The van der Waals surface area contributed by atoms with Crippen LogP contribution in [0.1, 0.15) is 60.4 Å². The summed E-state index contributed by atoms with van der Waals surface area (Å²) in [6.45, 7) is 6.11. The van der Waals surface area contributed by atoms with Gasteiger partial charge >= 0.3 is 0 Å². The van der Waals surface area contributed by atoms with Crippen LogP contribution < -0.4 is 10.6 Å². The molecule has 3 rings (SSSR count). The van der Waals surface area contributed by atoms with Crippen LogP contribution >= 0.6 is 0 Å². The quantitative estimate of drug-likeness (QED) is 0.863. The van der Waals surface area contributed by atoms with Gasteiger partial charge in [0.15, 0.2) is 11.5 Å². The fourth-order valence-corrected chi connectivity index (χ4v) is 3.08. The molecule has 0 aliphatic carbocycles. The predicted octanol–water partition coefficient (Wildman–Crippen LogP) is 3.28. The fraction of sp³-hybridized carbons (Fsp3) is 0.421. The van der Waals surface area contributed by atoms with Gasteiger partial charge in [-0.05, 0) is 52.2 Å². The summed E-state index contributed by atoms with van der Waals surface area (Å²) in [5.41, 5.74) is -0.358. The van der Waals surface area contributed by atoms with Gasteiger partial charge in [0, 0.05) is 12.1 Å². The van der Waals surface area contributed by atoms with Crippen molar-refractivity contribution in [2.24, 2.45) is 0 Å². The lowest BCUT2D eigenvalue weighted by atomic mass is 10.1. The second kappa shape index (κ2) is 7.09. The molecule has 8 heteroatoms. The highest BCUT2D eigenvalue weighted by molar-refractivity contribution is 6.05. The molecule has 0 fully saturated rings. The Balaban J connectivity index is 1.96. The minimum Gasteiger partial charge on any atom is -0.345 e. The molecule has 2 amide bonds. The first-order chi connectivity index (χ1) is 12.7. The van der Waals surface area contributed by atoms with E-state index in [1.807, 2.05) is 20.8 Å². The molecule has 1 aromatic heterocycles. The molecule has 2 aromatic rings. The number of rotatable bonds is 3. The molecule has 6 nitrogen and oxygen atoms in total. The largest absolute Gasteiger partial charge is 0.345 e. The first-order valence-electron chi connectivity index (χ1n) is 8.84. The summed E-state index contributed by atoms with van der Waals surface area (Å²) in [4.78, 5) is 29.5. The van der Waals surface area contributed by atoms with Crippen LogP contribution in [0, 0.1) is 11.6 Å². The van der Waals surface area contributed by atoms with Crippen LogP contribution in [0.2, 0.25) is 0 Å². The zero-order chi connectivity index (χ0) is 19.8. The average molecular weight is 376 g/mol. The van der Waals surface area contributed by atoms with Gasteiger partial charge in [-0.25, -0.2) is 13.8 Å². The van der Waals surface area contributed by atoms with Crippen molar-refractivity contribution < 1.29 is 18.4 Å². The van der Waals surface area contributed by atoms with E-state index >= 15 is 0 Å². The smallest absolute Gasteiger partial charge is 0.287 e. The highest BCUT2D eigenvalue weighted by atomic mass is 19.1. The number of benzene rings is 1. The van der Waals surface area contributed by atoms with Gasteiger partial charge in [0.1, 0.15) is 17.3 Å². The van der Waals surface area contributed by atoms with Crippen molar-refractivity contribution in [1.29, 1.82) is 0 Å². The first kappa shape index (κ1) is 19.0. The minimum atomic E-state index is -0.873. The third kappa shape index (κ3) is 3.99. The third-order valence-corrected chi connectivity index (χ3v) is 4.23. The molecule has 1 aliphatic heterocycles. The number of anilines is 1. The average Bonchev–Trinajstić information content (AvgIpc) is 2.96. The van der Waals surface area contributed by atoms with E-state index in [1.165, 1.54) is 6.07 Å². The van der Waals surface area contributed by atoms with Gasteiger partial charge in [-0.1, -0.05) is 6.07 Å². The van der Waals surface area contributed by atoms with Crippen LogP contribution in [0.25, 0.3) is 0 Å². The van der Waals surface area contributed by atoms with E-state index < -0.39 is 28.8 Å². The van der Waals surface area contributed by atoms with E-state index in [0.29, 0.717) is 18.7 Å². The lowest BCUT2D eigenvalue weighted by Gasteiger charge is -2.22. The SMILES string of the molecule is CC(C)(C)NC(=O)c1nc(C(=O)Nc2c(F)cccc2F)c2n1CCCC2. The van der Waals surface area contributed by atoms with Gasteiger partial charge in [0.05, 0.1) is 5.69 Å².